The zero-order valence-corrected chi connectivity index (χ0v) is 30.2. The van der Waals surface area contributed by atoms with Crippen LogP contribution in [0.25, 0.3) is 11.1 Å². The molecule has 49 heavy (non-hydrogen) atoms. The molecule has 0 saturated heterocycles. The number of benzene rings is 2. The standard InChI is InChI=1S/C43H59FO5/c1-6-8-9-10-37-19-20-39(25-41(37)44)40-22-21-38(24-33(40)7-2)36-17-15-35(16-18-36)34-13-11-31(12-14-34)23-32(27-48-42(46)29(3)4)28-49-43(47)30(5)26-45/h19-22,24-25,31-32,34-36,45H,3,5-18,23,26-28H2,1-2,4H3. The largest absolute Gasteiger partial charge is 0.462 e. The summed E-state index contributed by atoms with van der Waals surface area (Å²) in [6, 6.07) is 12.7. The van der Waals surface area contributed by atoms with Crippen LogP contribution >= 0.6 is 0 Å². The van der Waals surface area contributed by atoms with Gasteiger partial charge in [-0.3, -0.25) is 0 Å². The Morgan fingerprint density at radius 1 is 0.857 bits per heavy atom. The van der Waals surface area contributed by atoms with E-state index in [1.165, 1.54) is 49.7 Å². The maximum absolute atomic E-state index is 15.0. The molecule has 0 amide bonds. The smallest absolute Gasteiger partial charge is 0.335 e. The lowest BCUT2D eigenvalue weighted by Gasteiger charge is -2.38. The molecule has 268 valence electrons. The molecule has 2 aromatic carbocycles. The highest BCUT2D eigenvalue weighted by Gasteiger charge is 2.32. The maximum atomic E-state index is 15.0. The van der Waals surface area contributed by atoms with Crippen LogP contribution in [0, 0.1) is 29.5 Å². The normalized spacial score (nSPS) is 21.5. The number of halogens is 1. The van der Waals surface area contributed by atoms with E-state index in [4.69, 9.17) is 9.47 Å². The molecule has 2 aromatic rings. The summed E-state index contributed by atoms with van der Waals surface area (Å²) in [6.45, 7) is 13.1. The molecule has 5 nitrogen and oxygen atoms in total. The van der Waals surface area contributed by atoms with E-state index in [1.54, 1.807) is 13.0 Å². The second-order valence-electron chi connectivity index (χ2n) is 14.8. The molecule has 2 aliphatic carbocycles. The quantitative estimate of drug-likeness (QED) is 0.103. The molecule has 1 N–H and O–H groups in total. The van der Waals surface area contributed by atoms with Crippen LogP contribution in [0.2, 0.25) is 0 Å². The summed E-state index contributed by atoms with van der Waals surface area (Å²) in [7, 11) is 0. The number of rotatable bonds is 17. The molecule has 0 aromatic heterocycles. The minimum absolute atomic E-state index is 0.0195. The number of hydrogen-bond acceptors (Lipinski definition) is 5. The third-order valence-corrected chi connectivity index (χ3v) is 11.1. The third kappa shape index (κ3) is 11.1. The van der Waals surface area contributed by atoms with Gasteiger partial charge in [0, 0.05) is 11.5 Å². The molecule has 0 radical (unpaired) electrons. The second kappa shape index (κ2) is 19.2. The van der Waals surface area contributed by atoms with E-state index in [-0.39, 0.29) is 30.5 Å². The minimum atomic E-state index is -0.613. The van der Waals surface area contributed by atoms with Crippen molar-refractivity contribution >= 4 is 11.9 Å². The predicted octanol–water partition coefficient (Wildman–Crippen LogP) is 10.1. The van der Waals surface area contributed by atoms with Gasteiger partial charge in [0.1, 0.15) is 5.82 Å². The van der Waals surface area contributed by atoms with E-state index in [0.717, 1.165) is 79.9 Å². The Morgan fingerprint density at radius 2 is 1.51 bits per heavy atom. The monoisotopic (exact) mass is 674 g/mol. The van der Waals surface area contributed by atoms with E-state index < -0.39 is 18.5 Å². The molecular formula is C43H59FO5. The first-order valence-electron chi connectivity index (χ1n) is 18.8. The van der Waals surface area contributed by atoms with Crippen LogP contribution in [-0.4, -0.2) is 36.9 Å². The van der Waals surface area contributed by atoms with Crippen LogP contribution in [-0.2, 0) is 31.9 Å². The predicted molar refractivity (Wildman–Crippen MR) is 196 cm³/mol. The van der Waals surface area contributed by atoms with Gasteiger partial charge in [-0.25, -0.2) is 14.0 Å². The van der Waals surface area contributed by atoms with Crippen molar-refractivity contribution in [3.05, 3.63) is 83.2 Å². The van der Waals surface area contributed by atoms with Gasteiger partial charge in [0.05, 0.1) is 25.4 Å². The fraction of sp³-hybridized carbons (Fsp3) is 0.581. The highest BCUT2D eigenvalue weighted by Crippen LogP contribution is 2.45. The van der Waals surface area contributed by atoms with E-state index in [1.807, 2.05) is 6.07 Å². The molecule has 2 saturated carbocycles. The number of ether oxygens (including phenoxy) is 2. The summed E-state index contributed by atoms with van der Waals surface area (Å²) in [6.07, 6.45) is 15.5. The molecule has 2 fully saturated rings. The Kier molecular flexibility index (Phi) is 15.1. The first-order valence-corrected chi connectivity index (χ1v) is 18.8. The molecule has 1 unspecified atom stereocenters. The minimum Gasteiger partial charge on any atom is -0.462 e. The Bertz CT molecular complexity index is 1410. The summed E-state index contributed by atoms with van der Waals surface area (Å²) < 4.78 is 25.8. The second-order valence-corrected chi connectivity index (χ2v) is 14.8. The molecule has 0 bridgehead atoms. The van der Waals surface area contributed by atoms with Gasteiger partial charge in [-0.15, -0.1) is 0 Å². The van der Waals surface area contributed by atoms with Crippen molar-refractivity contribution in [2.24, 2.45) is 23.7 Å². The van der Waals surface area contributed by atoms with Crippen LogP contribution in [0.5, 0.6) is 0 Å². The summed E-state index contributed by atoms with van der Waals surface area (Å²) in [5.41, 5.74) is 6.06. The molecule has 0 spiro atoms. The van der Waals surface area contributed by atoms with Crippen molar-refractivity contribution < 1.29 is 28.6 Å². The average Bonchev–Trinajstić information content (AvgIpc) is 3.12. The van der Waals surface area contributed by atoms with Crippen LogP contribution in [0.15, 0.2) is 60.7 Å². The number of aryl methyl sites for hydroxylation is 2. The molecular weight excluding hydrogens is 615 g/mol. The van der Waals surface area contributed by atoms with Crippen molar-refractivity contribution in [3.63, 3.8) is 0 Å². The van der Waals surface area contributed by atoms with Crippen molar-refractivity contribution in [1.82, 2.24) is 0 Å². The van der Waals surface area contributed by atoms with Crippen LogP contribution < -0.4 is 0 Å². The van der Waals surface area contributed by atoms with Crippen molar-refractivity contribution in [3.8, 4) is 11.1 Å². The van der Waals surface area contributed by atoms with Crippen molar-refractivity contribution in [1.29, 1.82) is 0 Å². The lowest BCUT2D eigenvalue weighted by molar-refractivity contribution is -0.144. The van der Waals surface area contributed by atoms with Gasteiger partial charge in [0.2, 0.25) is 0 Å². The van der Waals surface area contributed by atoms with E-state index in [0.29, 0.717) is 17.4 Å². The van der Waals surface area contributed by atoms with Gasteiger partial charge >= 0.3 is 11.9 Å². The van der Waals surface area contributed by atoms with Crippen LogP contribution in [0.1, 0.15) is 120 Å². The maximum Gasteiger partial charge on any atom is 0.335 e. The van der Waals surface area contributed by atoms with Gasteiger partial charge in [-0.1, -0.05) is 83.0 Å². The summed E-state index contributed by atoms with van der Waals surface area (Å²) in [5.74, 6) is 1.35. The molecule has 2 aliphatic rings. The fourth-order valence-corrected chi connectivity index (χ4v) is 8.08. The number of hydrogen-bond donors (Lipinski definition) is 1. The highest BCUT2D eigenvalue weighted by atomic mass is 19.1. The lowest BCUT2D eigenvalue weighted by Crippen LogP contribution is -2.28. The Labute approximate surface area is 294 Å². The summed E-state index contributed by atoms with van der Waals surface area (Å²) in [5, 5.41) is 9.19. The molecule has 0 aliphatic heterocycles. The number of carbonyl (C=O) groups excluding carboxylic acids is 2. The number of aliphatic hydroxyl groups is 1. The topological polar surface area (TPSA) is 72.8 Å². The molecule has 4 rings (SSSR count). The van der Waals surface area contributed by atoms with Gasteiger partial charge < -0.3 is 14.6 Å². The summed E-state index contributed by atoms with van der Waals surface area (Å²) in [4.78, 5) is 24.1. The lowest BCUT2D eigenvalue weighted by atomic mass is 9.67. The van der Waals surface area contributed by atoms with E-state index in [9.17, 15) is 19.1 Å². The first kappa shape index (κ1) is 38.6. The van der Waals surface area contributed by atoms with Crippen molar-refractivity contribution in [2.75, 3.05) is 19.8 Å². The number of aliphatic hydroxyl groups excluding tert-OH is 1. The Balaban J connectivity index is 1.28. The number of esters is 2. The zero-order chi connectivity index (χ0) is 35.3. The average molecular weight is 675 g/mol. The molecule has 0 heterocycles. The molecule has 1 atom stereocenters. The fourth-order valence-electron chi connectivity index (χ4n) is 8.08. The van der Waals surface area contributed by atoms with Gasteiger partial charge in [-0.05, 0) is 129 Å². The highest BCUT2D eigenvalue weighted by molar-refractivity contribution is 5.88. The SMILES string of the molecule is C=C(C)C(=O)OCC(COC(=O)C(=C)CO)CC1CCC(C2CCC(c3ccc(-c4ccc(CCCCC)c(F)c4)c(CC)c3)CC2)CC1. The van der Waals surface area contributed by atoms with Crippen LogP contribution in [0.3, 0.4) is 0 Å². The van der Waals surface area contributed by atoms with Crippen LogP contribution in [0.4, 0.5) is 4.39 Å². The van der Waals surface area contributed by atoms with Gasteiger partial charge in [0.15, 0.2) is 0 Å². The van der Waals surface area contributed by atoms with E-state index >= 15 is 0 Å². The number of carbonyl (C=O) groups is 2. The zero-order valence-electron chi connectivity index (χ0n) is 30.2. The van der Waals surface area contributed by atoms with Gasteiger partial charge in [-0.2, -0.15) is 0 Å². The van der Waals surface area contributed by atoms with Crippen molar-refractivity contribution in [2.45, 2.75) is 117 Å². The Morgan fingerprint density at radius 3 is 2.10 bits per heavy atom. The third-order valence-electron chi connectivity index (χ3n) is 11.1. The van der Waals surface area contributed by atoms with Gasteiger partial charge in [0.25, 0.3) is 0 Å². The molecule has 6 heteroatoms. The first-order chi connectivity index (χ1) is 23.6. The summed E-state index contributed by atoms with van der Waals surface area (Å²) >= 11 is 0. The van der Waals surface area contributed by atoms with E-state index in [2.05, 4.69) is 51.3 Å². The Hall–Kier alpha value is -3.25. The number of unbranched alkanes of at least 4 members (excludes halogenated alkanes) is 2.